The van der Waals surface area contributed by atoms with Crippen molar-refractivity contribution in [1.82, 2.24) is 0 Å². The maximum Gasteiger partial charge on any atom is 0.242 e. The van der Waals surface area contributed by atoms with Gasteiger partial charge in [-0.25, -0.2) is 0 Å². The lowest BCUT2D eigenvalue weighted by Crippen LogP contribution is -2.47. The molecule has 3 heteroatoms. The van der Waals surface area contributed by atoms with E-state index in [1.807, 2.05) is 90.7 Å². The van der Waals surface area contributed by atoms with Crippen LogP contribution in [0.2, 0.25) is 0 Å². The van der Waals surface area contributed by atoms with Crippen LogP contribution in [0.1, 0.15) is 36.0 Å². The van der Waals surface area contributed by atoms with Gasteiger partial charge >= 0.3 is 0 Å². The number of amides is 1. The van der Waals surface area contributed by atoms with Crippen LogP contribution in [0.15, 0.2) is 96.6 Å². The zero-order valence-corrected chi connectivity index (χ0v) is 16.9. The molecule has 0 bridgehead atoms. The number of carbonyl (C=O) groups excluding carboxylic acids is 2. The largest absolute Gasteiger partial charge is 0.307 e. The number of nitrogens with zero attached hydrogens (tertiary/aromatic N) is 1. The van der Waals surface area contributed by atoms with Crippen molar-refractivity contribution in [2.75, 3.05) is 4.90 Å². The number of hydrogen-bond acceptors (Lipinski definition) is 2. The molecular formula is C27H23NO2. The lowest BCUT2D eigenvalue weighted by Gasteiger charge is -2.40. The van der Waals surface area contributed by atoms with Gasteiger partial charge in [-0.15, -0.1) is 0 Å². The second kappa shape index (κ2) is 7.10. The Morgan fingerprint density at radius 2 is 1.50 bits per heavy atom. The minimum Gasteiger partial charge on any atom is -0.307 e. The van der Waals surface area contributed by atoms with Crippen molar-refractivity contribution in [2.45, 2.75) is 31.2 Å². The van der Waals surface area contributed by atoms with Crippen LogP contribution in [0.3, 0.4) is 0 Å². The standard InChI is InChI=1S/C27H23NO2/c1-19-16-22(29)17-24(21-12-6-3-7-13-21)27(19)23-14-8-9-15-25(23)28(26(27)30)18-20-10-4-2-5-11-20/h2-16,24H,17-18H2,1H3/t24-,27+/m1/s1. The van der Waals surface area contributed by atoms with Crippen molar-refractivity contribution in [3.8, 4) is 0 Å². The molecule has 0 aromatic heterocycles. The Balaban J connectivity index is 1.72. The first-order chi connectivity index (χ1) is 14.6. The third-order valence-electron chi connectivity index (χ3n) is 6.52. The van der Waals surface area contributed by atoms with Gasteiger partial charge in [0.25, 0.3) is 0 Å². The van der Waals surface area contributed by atoms with Gasteiger partial charge in [-0.3, -0.25) is 9.59 Å². The summed E-state index contributed by atoms with van der Waals surface area (Å²) in [6.07, 6.45) is 2.01. The Hall–Kier alpha value is -3.46. The molecule has 0 radical (unpaired) electrons. The van der Waals surface area contributed by atoms with E-state index >= 15 is 0 Å². The number of anilines is 1. The molecule has 0 unspecified atom stereocenters. The number of rotatable bonds is 3. The highest BCUT2D eigenvalue weighted by molar-refractivity contribution is 6.13. The fraction of sp³-hybridized carbons (Fsp3) is 0.185. The van der Waals surface area contributed by atoms with Crippen LogP contribution in [-0.4, -0.2) is 11.7 Å². The van der Waals surface area contributed by atoms with Crippen LogP contribution in [0.25, 0.3) is 0 Å². The van der Waals surface area contributed by atoms with Crippen molar-refractivity contribution < 1.29 is 9.59 Å². The number of ketones is 1. The minimum atomic E-state index is -0.847. The molecule has 0 fully saturated rings. The molecule has 3 aromatic carbocycles. The third-order valence-corrected chi connectivity index (χ3v) is 6.52. The molecule has 148 valence electrons. The molecule has 1 aliphatic carbocycles. The number of hydrogen-bond donors (Lipinski definition) is 0. The SMILES string of the molecule is CC1=CC(=O)C[C@H](c2ccccc2)[C@]12C(=O)N(Cc1ccccc1)c1ccccc12. The van der Waals surface area contributed by atoms with Gasteiger partial charge in [0.15, 0.2) is 5.78 Å². The number of fused-ring (bicyclic) bond motifs is 2. The van der Waals surface area contributed by atoms with E-state index in [0.717, 1.165) is 28.0 Å². The van der Waals surface area contributed by atoms with Crippen molar-refractivity contribution in [3.63, 3.8) is 0 Å². The van der Waals surface area contributed by atoms with E-state index in [9.17, 15) is 9.59 Å². The van der Waals surface area contributed by atoms with Gasteiger partial charge in [0, 0.05) is 18.0 Å². The molecule has 1 spiro atoms. The van der Waals surface area contributed by atoms with Gasteiger partial charge in [0.2, 0.25) is 5.91 Å². The molecule has 2 atom stereocenters. The zero-order valence-electron chi connectivity index (χ0n) is 16.9. The Morgan fingerprint density at radius 1 is 0.867 bits per heavy atom. The van der Waals surface area contributed by atoms with Gasteiger partial charge in [0.1, 0.15) is 5.41 Å². The van der Waals surface area contributed by atoms with Crippen LogP contribution in [0, 0.1) is 0 Å². The Bertz CT molecular complexity index is 1150. The van der Waals surface area contributed by atoms with E-state index in [1.54, 1.807) is 6.08 Å². The van der Waals surface area contributed by atoms with Crippen molar-refractivity contribution in [2.24, 2.45) is 0 Å². The second-order valence-electron chi connectivity index (χ2n) is 8.16. The maximum absolute atomic E-state index is 14.2. The van der Waals surface area contributed by atoms with E-state index in [4.69, 9.17) is 0 Å². The average molecular weight is 393 g/mol. The predicted octanol–water partition coefficient (Wildman–Crippen LogP) is 5.17. The van der Waals surface area contributed by atoms with Crippen LogP contribution in [0.5, 0.6) is 0 Å². The van der Waals surface area contributed by atoms with E-state index in [1.165, 1.54) is 0 Å². The van der Waals surface area contributed by atoms with Crippen LogP contribution >= 0.6 is 0 Å². The van der Waals surface area contributed by atoms with Gasteiger partial charge in [-0.2, -0.15) is 0 Å². The highest BCUT2D eigenvalue weighted by Crippen LogP contribution is 2.56. The molecule has 0 N–H and O–H groups in total. The molecule has 2 aliphatic rings. The summed E-state index contributed by atoms with van der Waals surface area (Å²) in [6.45, 7) is 2.45. The highest BCUT2D eigenvalue weighted by atomic mass is 16.2. The van der Waals surface area contributed by atoms with Crippen LogP contribution < -0.4 is 4.90 Å². The molecular weight excluding hydrogens is 370 g/mol. The highest BCUT2D eigenvalue weighted by Gasteiger charge is 2.58. The molecule has 30 heavy (non-hydrogen) atoms. The molecule has 1 aliphatic heterocycles. The van der Waals surface area contributed by atoms with E-state index < -0.39 is 5.41 Å². The summed E-state index contributed by atoms with van der Waals surface area (Å²) in [4.78, 5) is 28.7. The number of para-hydroxylation sites is 1. The van der Waals surface area contributed by atoms with Gasteiger partial charge < -0.3 is 4.90 Å². The lowest BCUT2D eigenvalue weighted by molar-refractivity contribution is -0.124. The van der Waals surface area contributed by atoms with Gasteiger partial charge in [0.05, 0.1) is 6.54 Å². The maximum atomic E-state index is 14.2. The molecule has 0 saturated heterocycles. The smallest absolute Gasteiger partial charge is 0.242 e. The fourth-order valence-corrected chi connectivity index (χ4v) is 5.22. The van der Waals surface area contributed by atoms with Crippen molar-refractivity contribution in [1.29, 1.82) is 0 Å². The second-order valence-corrected chi connectivity index (χ2v) is 8.16. The fourth-order valence-electron chi connectivity index (χ4n) is 5.22. The quantitative estimate of drug-likeness (QED) is 0.615. The molecule has 5 rings (SSSR count). The Labute approximate surface area is 176 Å². The molecule has 3 aromatic rings. The number of carbonyl (C=O) groups is 2. The van der Waals surface area contributed by atoms with Gasteiger partial charge in [-0.1, -0.05) is 78.9 Å². The summed E-state index contributed by atoms with van der Waals surface area (Å²) in [7, 11) is 0. The summed E-state index contributed by atoms with van der Waals surface area (Å²) >= 11 is 0. The summed E-state index contributed by atoms with van der Waals surface area (Å²) in [5.74, 6) is -0.0768. The predicted molar refractivity (Wildman–Crippen MR) is 118 cm³/mol. The molecule has 1 heterocycles. The summed E-state index contributed by atoms with van der Waals surface area (Å²) < 4.78 is 0. The van der Waals surface area contributed by atoms with Crippen LogP contribution in [-0.2, 0) is 21.5 Å². The molecule has 1 amide bonds. The summed E-state index contributed by atoms with van der Waals surface area (Å²) in [5, 5.41) is 0. The van der Waals surface area contributed by atoms with Crippen LogP contribution in [0.4, 0.5) is 5.69 Å². The first kappa shape index (κ1) is 18.6. The average Bonchev–Trinajstić information content (AvgIpc) is 3.01. The van der Waals surface area contributed by atoms with E-state index in [2.05, 4.69) is 6.07 Å². The normalized spacial score (nSPS) is 22.9. The molecule has 3 nitrogen and oxygen atoms in total. The summed E-state index contributed by atoms with van der Waals surface area (Å²) in [5.41, 5.74) is 4.04. The Morgan fingerprint density at radius 3 is 2.23 bits per heavy atom. The third kappa shape index (κ3) is 2.66. The Kier molecular flexibility index (Phi) is 4.39. The monoisotopic (exact) mass is 393 g/mol. The first-order valence-electron chi connectivity index (χ1n) is 10.3. The minimum absolute atomic E-state index is 0.0580. The van der Waals surface area contributed by atoms with E-state index in [0.29, 0.717) is 13.0 Å². The van der Waals surface area contributed by atoms with Crippen molar-refractivity contribution >= 4 is 17.4 Å². The van der Waals surface area contributed by atoms with E-state index in [-0.39, 0.29) is 17.6 Å². The first-order valence-corrected chi connectivity index (χ1v) is 10.3. The topological polar surface area (TPSA) is 37.4 Å². The summed E-state index contributed by atoms with van der Waals surface area (Å²) in [6, 6.07) is 28.1. The number of benzene rings is 3. The molecule has 0 saturated carbocycles. The zero-order chi connectivity index (χ0) is 20.7. The lowest BCUT2D eigenvalue weighted by atomic mass is 9.60. The van der Waals surface area contributed by atoms with Crippen molar-refractivity contribution in [3.05, 3.63) is 113 Å². The van der Waals surface area contributed by atoms with Gasteiger partial charge in [-0.05, 0) is 41.3 Å². The number of allylic oxidation sites excluding steroid dienone is 1.